The van der Waals surface area contributed by atoms with E-state index >= 15 is 0 Å². The molecule has 1 aromatic carbocycles. The van der Waals surface area contributed by atoms with Crippen LogP contribution in [0.3, 0.4) is 0 Å². The maximum Gasteiger partial charge on any atom is 0.191 e. The summed E-state index contributed by atoms with van der Waals surface area (Å²) in [5.74, 6) is 1.66. The summed E-state index contributed by atoms with van der Waals surface area (Å²) in [7, 11) is -1.04. The number of aryl methyl sites for hydroxylation is 1. The summed E-state index contributed by atoms with van der Waals surface area (Å²) < 4.78 is 25.2. The quantitative estimate of drug-likeness (QED) is 0.488. The number of fused-ring (bicyclic) bond motifs is 1. The average Bonchev–Trinajstić information content (AvgIpc) is 3.28. The van der Waals surface area contributed by atoms with E-state index in [0.717, 1.165) is 28.0 Å². The molecule has 0 saturated carbocycles. The number of hydrogen-bond acceptors (Lipinski definition) is 6. The minimum Gasteiger partial charge on any atom is -0.358 e. The van der Waals surface area contributed by atoms with E-state index in [1.165, 1.54) is 11.8 Å². The van der Waals surface area contributed by atoms with E-state index in [-0.39, 0.29) is 29.0 Å². The van der Waals surface area contributed by atoms with Gasteiger partial charge in [0.25, 0.3) is 0 Å². The van der Waals surface area contributed by atoms with Crippen molar-refractivity contribution in [2.45, 2.75) is 24.9 Å². The van der Waals surface area contributed by atoms with Crippen molar-refractivity contribution in [3.8, 4) is 0 Å². The summed E-state index contributed by atoms with van der Waals surface area (Å²) in [6.45, 7) is 1.91. The van der Waals surface area contributed by atoms with Crippen molar-refractivity contribution in [1.82, 2.24) is 19.7 Å². The lowest BCUT2D eigenvalue weighted by molar-refractivity contribution is 0.102. The van der Waals surface area contributed by atoms with E-state index < -0.39 is 9.84 Å². The van der Waals surface area contributed by atoms with E-state index in [1.807, 2.05) is 42.8 Å². The van der Waals surface area contributed by atoms with Crippen LogP contribution in [0.5, 0.6) is 0 Å². The lowest BCUT2D eigenvalue weighted by Crippen LogP contribution is -2.11. The number of thioether (sulfide) groups is 1. The fourth-order valence-electron chi connectivity index (χ4n) is 3.78. The summed E-state index contributed by atoms with van der Waals surface area (Å²) in [6.07, 6.45) is 1.27. The third-order valence-corrected chi connectivity index (χ3v) is 8.09. The van der Waals surface area contributed by atoms with E-state index in [0.29, 0.717) is 18.0 Å². The Kier molecular flexibility index (Phi) is 5.05. The number of sulfone groups is 1. The highest BCUT2D eigenvalue weighted by Crippen LogP contribution is 2.26. The summed E-state index contributed by atoms with van der Waals surface area (Å²) in [6, 6.07) is 7.78. The molecule has 0 unspecified atom stereocenters. The van der Waals surface area contributed by atoms with Crippen LogP contribution in [-0.4, -0.2) is 51.2 Å². The van der Waals surface area contributed by atoms with Crippen molar-refractivity contribution in [3.63, 3.8) is 0 Å². The molecule has 1 saturated heterocycles. The monoisotopic (exact) mass is 418 g/mol. The van der Waals surface area contributed by atoms with Gasteiger partial charge in [-0.25, -0.2) is 8.42 Å². The first-order valence-electron chi connectivity index (χ1n) is 9.16. The standard InChI is InChI=1S/C19H22N4O3S2/c1-12-18(14-5-3-4-6-15(14)20-12)16(24)10-27-19-22-21-17(23(19)2)9-13-7-8-28(25,26)11-13/h3-6,13,20H,7-11H2,1-2H3/t13-/m0/s1. The molecule has 0 spiro atoms. The molecule has 4 rings (SSSR count). The van der Waals surface area contributed by atoms with Crippen molar-refractivity contribution in [2.24, 2.45) is 13.0 Å². The number of ketones is 1. The van der Waals surface area contributed by atoms with Gasteiger partial charge < -0.3 is 9.55 Å². The molecule has 28 heavy (non-hydrogen) atoms. The second-order valence-corrected chi connectivity index (χ2v) is 10.5. The van der Waals surface area contributed by atoms with Gasteiger partial charge in [-0.2, -0.15) is 0 Å². The van der Waals surface area contributed by atoms with Crippen molar-refractivity contribution >= 4 is 38.3 Å². The molecule has 1 atom stereocenters. The fourth-order valence-corrected chi connectivity index (χ4v) is 6.44. The van der Waals surface area contributed by atoms with Gasteiger partial charge in [0, 0.05) is 35.6 Å². The van der Waals surface area contributed by atoms with Crippen LogP contribution in [0.15, 0.2) is 29.4 Å². The van der Waals surface area contributed by atoms with Crippen molar-refractivity contribution in [2.75, 3.05) is 17.3 Å². The van der Waals surface area contributed by atoms with Gasteiger partial charge in [0.1, 0.15) is 5.82 Å². The van der Waals surface area contributed by atoms with Gasteiger partial charge in [-0.05, 0) is 25.3 Å². The van der Waals surface area contributed by atoms with Gasteiger partial charge >= 0.3 is 0 Å². The molecule has 0 aliphatic carbocycles. The van der Waals surface area contributed by atoms with Gasteiger partial charge in [0.05, 0.1) is 17.3 Å². The first kappa shape index (κ1) is 19.2. The van der Waals surface area contributed by atoms with Crippen molar-refractivity contribution in [1.29, 1.82) is 0 Å². The van der Waals surface area contributed by atoms with Crippen LogP contribution in [0.1, 0.15) is 28.3 Å². The number of para-hydroxylation sites is 1. The van der Waals surface area contributed by atoms with Crippen LogP contribution >= 0.6 is 11.8 Å². The molecular formula is C19H22N4O3S2. The number of carbonyl (C=O) groups is 1. The molecule has 0 bridgehead atoms. The molecule has 1 aliphatic rings. The molecule has 3 aromatic rings. The topological polar surface area (TPSA) is 97.7 Å². The molecule has 0 amide bonds. The zero-order chi connectivity index (χ0) is 19.9. The van der Waals surface area contributed by atoms with Crippen LogP contribution < -0.4 is 0 Å². The van der Waals surface area contributed by atoms with Gasteiger partial charge in [-0.15, -0.1) is 10.2 Å². The number of benzene rings is 1. The zero-order valence-corrected chi connectivity index (χ0v) is 17.4. The third-order valence-electron chi connectivity index (χ3n) is 5.23. The van der Waals surface area contributed by atoms with E-state index in [2.05, 4.69) is 15.2 Å². The van der Waals surface area contributed by atoms with Gasteiger partial charge in [0.2, 0.25) is 0 Å². The van der Waals surface area contributed by atoms with Crippen molar-refractivity contribution < 1.29 is 13.2 Å². The number of aromatic nitrogens is 4. The predicted octanol–water partition coefficient (Wildman–Crippen LogP) is 2.56. The van der Waals surface area contributed by atoms with Gasteiger partial charge in [0.15, 0.2) is 20.8 Å². The average molecular weight is 419 g/mol. The van der Waals surface area contributed by atoms with Crippen LogP contribution in [0.25, 0.3) is 10.9 Å². The first-order valence-corrected chi connectivity index (χ1v) is 12.0. The summed E-state index contributed by atoms with van der Waals surface area (Å²) in [5, 5.41) is 10.0. The Bertz CT molecular complexity index is 1150. The number of H-pyrrole nitrogens is 1. The lowest BCUT2D eigenvalue weighted by atomic mass is 10.1. The number of carbonyl (C=O) groups excluding carboxylic acids is 1. The molecule has 1 fully saturated rings. The molecule has 7 nitrogen and oxygen atoms in total. The Hall–Kier alpha value is -2.13. The van der Waals surface area contributed by atoms with Gasteiger partial charge in [-0.1, -0.05) is 30.0 Å². The Balaban J connectivity index is 1.44. The minimum absolute atomic E-state index is 0.0476. The highest BCUT2D eigenvalue weighted by molar-refractivity contribution is 7.99. The SMILES string of the molecule is Cc1[nH]c2ccccc2c1C(=O)CSc1nnc(C[C@@H]2CCS(=O)(=O)C2)n1C. The Morgan fingerprint density at radius 1 is 1.32 bits per heavy atom. The Labute approximate surface area is 167 Å². The van der Waals surface area contributed by atoms with E-state index in [1.54, 1.807) is 0 Å². The maximum absolute atomic E-state index is 12.8. The predicted molar refractivity (Wildman–Crippen MR) is 110 cm³/mol. The molecular weight excluding hydrogens is 396 g/mol. The summed E-state index contributed by atoms with van der Waals surface area (Å²) >= 11 is 1.36. The van der Waals surface area contributed by atoms with Crippen LogP contribution in [0.2, 0.25) is 0 Å². The summed E-state index contributed by atoms with van der Waals surface area (Å²) in [5.41, 5.74) is 2.55. The number of nitrogens with zero attached hydrogens (tertiary/aromatic N) is 3. The molecule has 9 heteroatoms. The number of Topliss-reactive ketones (excluding diaryl/α,β-unsaturated/α-hetero) is 1. The number of rotatable bonds is 6. The van der Waals surface area contributed by atoms with Crippen LogP contribution in [-0.2, 0) is 23.3 Å². The second kappa shape index (κ2) is 7.36. The van der Waals surface area contributed by atoms with E-state index in [9.17, 15) is 13.2 Å². The van der Waals surface area contributed by atoms with Crippen LogP contribution in [0, 0.1) is 12.8 Å². The molecule has 1 aliphatic heterocycles. The van der Waals surface area contributed by atoms with Gasteiger partial charge in [-0.3, -0.25) is 4.79 Å². The first-order chi connectivity index (χ1) is 13.3. The maximum atomic E-state index is 12.8. The lowest BCUT2D eigenvalue weighted by Gasteiger charge is -2.07. The highest BCUT2D eigenvalue weighted by Gasteiger charge is 2.29. The zero-order valence-electron chi connectivity index (χ0n) is 15.8. The van der Waals surface area contributed by atoms with E-state index in [4.69, 9.17) is 0 Å². The molecule has 3 heterocycles. The number of hydrogen-bond donors (Lipinski definition) is 1. The normalized spacial score (nSPS) is 18.7. The smallest absolute Gasteiger partial charge is 0.191 e. The minimum atomic E-state index is -2.90. The summed E-state index contributed by atoms with van der Waals surface area (Å²) in [4.78, 5) is 16.1. The molecule has 2 aromatic heterocycles. The number of nitrogens with one attached hydrogen (secondary N) is 1. The second-order valence-electron chi connectivity index (χ2n) is 7.31. The Morgan fingerprint density at radius 2 is 2.11 bits per heavy atom. The highest BCUT2D eigenvalue weighted by atomic mass is 32.2. The fraction of sp³-hybridized carbons (Fsp3) is 0.421. The molecule has 148 valence electrons. The molecule has 1 N–H and O–H groups in total. The van der Waals surface area contributed by atoms with Crippen LogP contribution in [0.4, 0.5) is 0 Å². The molecule has 0 radical (unpaired) electrons. The van der Waals surface area contributed by atoms with Crippen molar-refractivity contribution in [3.05, 3.63) is 41.3 Å². The number of aromatic amines is 1. The third kappa shape index (κ3) is 3.73. The Morgan fingerprint density at radius 3 is 2.86 bits per heavy atom. The largest absolute Gasteiger partial charge is 0.358 e.